The fourth-order valence-electron chi connectivity index (χ4n) is 1.15. The lowest BCUT2D eigenvalue weighted by atomic mass is 10.2. The van der Waals surface area contributed by atoms with Crippen molar-refractivity contribution in [1.82, 2.24) is 0 Å². The predicted molar refractivity (Wildman–Crippen MR) is 94.1 cm³/mol. The van der Waals surface area contributed by atoms with E-state index in [1.165, 1.54) is 0 Å². The highest BCUT2D eigenvalue weighted by Crippen LogP contribution is 2.38. The van der Waals surface area contributed by atoms with Crippen LogP contribution < -0.4 is 0 Å². The molecule has 0 fully saturated rings. The zero-order valence-electron chi connectivity index (χ0n) is 15.2. The summed E-state index contributed by atoms with van der Waals surface area (Å²) in [6, 6.07) is 0. The van der Waals surface area contributed by atoms with Crippen LogP contribution in [0.4, 0.5) is 0 Å². The molecule has 0 radical (unpaired) electrons. The second-order valence-electron chi connectivity index (χ2n) is 8.60. The van der Waals surface area contributed by atoms with Crippen LogP contribution in [0.1, 0.15) is 41.5 Å². The van der Waals surface area contributed by atoms with E-state index in [9.17, 15) is 0 Å². The Hall–Kier alpha value is -0.0862. The maximum atomic E-state index is 6.26. The van der Waals surface area contributed by atoms with Crippen LogP contribution in [0.2, 0.25) is 36.3 Å². The van der Waals surface area contributed by atoms with Crippen LogP contribution in [0.25, 0.3) is 0 Å². The lowest BCUT2D eigenvalue weighted by Gasteiger charge is -2.40. The summed E-state index contributed by atoms with van der Waals surface area (Å²) in [7, 11) is -3.60. The molecule has 0 rings (SSSR count). The molecule has 0 aliphatic heterocycles. The molecule has 0 aromatic rings. The Balaban J connectivity index is 4.74. The first-order valence-electron chi connectivity index (χ1n) is 7.42. The molecular formula is C16H34O2Si2. The Labute approximate surface area is 128 Å². The maximum Gasteiger partial charge on any atom is 0.193 e. The Morgan fingerprint density at radius 2 is 1.30 bits per heavy atom. The van der Waals surface area contributed by atoms with Crippen molar-refractivity contribution < 1.29 is 8.85 Å². The van der Waals surface area contributed by atoms with Gasteiger partial charge in [0.2, 0.25) is 0 Å². The summed E-state index contributed by atoms with van der Waals surface area (Å²) < 4.78 is 12.5. The predicted octanol–water partition coefficient (Wildman–Crippen LogP) is 5.03. The molecule has 0 bridgehead atoms. The molecule has 2 nitrogen and oxygen atoms in total. The summed E-state index contributed by atoms with van der Waals surface area (Å²) in [4.78, 5) is 0. The van der Waals surface area contributed by atoms with Gasteiger partial charge in [-0.2, -0.15) is 0 Å². The number of rotatable bonds is 5. The molecule has 0 N–H and O–H groups in total. The molecule has 20 heavy (non-hydrogen) atoms. The Morgan fingerprint density at radius 3 is 1.60 bits per heavy atom. The van der Waals surface area contributed by atoms with Crippen LogP contribution in [-0.4, -0.2) is 29.3 Å². The van der Waals surface area contributed by atoms with Gasteiger partial charge in [0.15, 0.2) is 16.6 Å². The Bertz CT molecular complexity index is 354. The first-order chi connectivity index (χ1) is 8.64. The highest BCUT2D eigenvalue weighted by atomic mass is 28.4. The van der Waals surface area contributed by atoms with Gasteiger partial charge in [-0.25, -0.2) is 0 Å². The molecule has 0 saturated carbocycles. The van der Waals surface area contributed by atoms with Gasteiger partial charge >= 0.3 is 0 Å². The minimum Gasteiger partial charge on any atom is -0.413 e. The van der Waals surface area contributed by atoms with E-state index in [1.807, 2.05) is 0 Å². The molecule has 0 aliphatic carbocycles. The van der Waals surface area contributed by atoms with E-state index in [1.54, 1.807) is 0 Å². The molecule has 4 heteroatoms. The molecule has 1 atom stereocenters. The van der Waals surface area contributed by atoms with Gasteiger partial charge < -0.3 is 8.85 Å². The fraction of sp³-hybridized carbons (Fsp3) is 0.875. The van der Waals surface area contributed by atoms with Crippen molar-refractivity contribution in [2.45, 2.75) is 83.9 Å². The summed E-state index contributed by atoms with van der Waals surface area (Å²) >= 11 is 0. The van der Waals surface area contributed by atoms with E-state index in [2.05, 4.69) is 73.7 Å². The SMILES string of the molecule is C#C[C@@H](CO[Si](C)(C)C(C)(C)C)O[Si](C)(C)C(C)(C)C. The number of hydrogen-bond donors (Lipinski definition) is 0. The van der Waals surface area contributed by atoms with Gasteiger partial charge in [-0.3, -0.25) is 0 Å². The summed E-state index contributed by atoms with van der Waals surface area (Å²) in [6.45, 7) is 22.8. The normalized spacial score (nSPS) is 15.8. The molecule has 0 spiro atoms. The molecule has 0 saturated heterocycles. The molecular weight excluding hydrogens is 280 g/mol. The van der Waals surface area contributed by atoms with Crippen LogP contribution >= 0.6 is 0 Å². The average molecular weight is 315 g/mol. The maximum absolute atomic E-state index is 6.26. The van der Waals surface area contributed by atoms with Crippen molar-refractivity contribution in [3.05, 3.63) is 0 Å². The molecule has 0 aliphatic rings. The van der Waals surface area contributed by atoms with Gasteiger partial charge in [-0.05, 0) is 36.3 Å². The van der Waals surface area contributed by atoms with Crippen LogP contribution in [0, 0.1) is 12.3 Å². The van der Waals surface area contributed by atoms with Crippen molar-refractivity contribution in [2.24, 2.45) is 0 Å². The monoisotopic (exact) mass is 314 g/mol. The van der Waals surface area contributed by atoms with Crippen LogP contribution in [0.15, 0.2) is 0 Å². The number of terminal acetylenes is 1. The van der Waals surface area contributed by atoms with Crippen molar-refractivity contribution in [2.75, 3.05) is 6.61 Å². The molecule has 0 unspecified atom stereocenters. The minimum atomic E-state index is -1.84. The van der Waals surface area contributed by atoms with Crippen molar-refractivity contribution in [3.63, 3.8) is 0 Å². The van der Waals surface area contributed by atoms with Gasteiger partial charge in [0.1, 0.15) is 6.10 Å². The molecule has 0 heterocycles. The molecule has 0 amide bonds. The summed E-state index contributed by atoms with van der Waals surface area (Å²) in [5, 5.41) is 0.363. The van der Waals surface area contributed by atoms with Crippen molar-refractivity contribution >= 4 is 16.6 Å². The quantitative estimate of drug-likeness (QED) is 0.523. The highest BCUT2D eigenvalue weighted by Gasteiger charge is 2.41. The highest BCUT2D eigenvalue weighted by molar-refractivity contribution is 6.74. The largest absolute Gasteiger partial charge is 0.413 e. The van der Waals surface area contributed by atoms with Gasteiger partial charge in [-0.1, -0.05) is 47.5 Å². The van der Waals surface area contributed by atoms with Crippen LogP contribution in [0.5, 0.6) is 0 Å². The van der Waals surface area contributed by atoms with Crippen LogP contribution in [-0.2, 0) is 8.85 Å². The lowest BCUT2D eigenvalue weighted by molar-refractivity contribution is 0.147. The lowest BCUT2D eigenvalue weighted by Crippen LogP contribution is -2.47. The topological polar surface area (TPSA) is 18.5 Å². The van der Waals surface area contributed by atoms with E-state index in [0.29, 0.717) is 6.61 Å². The van der Waals surface area contributed by atoms with E-state index >= 15 is 0 Å². The van der Waals surface area contributed by atoms with E-state index in [-0.39, 0.29) is 16.2 Å². The van der Waals surface area contributed by atoms with E-state index in [4.69, 9.17) is 15.3 Å². The Morgan fingerprint density at radius 1 is 0.900 bits per heavy atom. The van der Waals surface area contributed by atoms with Crippen molar-refractivity contribution in [3.8, 4) is 12.3 Å². The third-order valence-electron chi connectivity index (χ3n) is 4.83. The number of hydrogen-bond acceptors (Lipinski definition) is 2. The first-order valence-corrected chi connectivity index (χ1v) is 13.2. The minimum absolute atomic E-state index is 0.166. The molecule has 118 valence electrons. The smallest absolute Gasteiger partial charge is 0.193 e. The zero-order chi connectivity index (χ0) is 16.4. The Kier molecular flexibility index (Phi) is 6.32. The third kappa shape index (κ3) is 5.36. The third-order valence-corrected chi connectivity index (χ3v) is 13.8. The van der Waals surface area contributed by atoms with E-state index < -0.39 is 16.6 Å². The molecule has 0 aromatic carbocycles. The summed E-state index contributed by atoms with van der Waals surface area (Å²) in [5.41, 5.74) is 0. The molecule has 0 aromatic heterocycles. The summed E-state index contributed by atoms with van der Waals surface area (Å²) in [6.07, 6.45) is 5.41. The van der Waals surface area contributed by atoms with Crippen LogP contribution in [0.3, 0.4) is 0 Å². The van der Waals surface area contributed by atoms with Gasteiger partial charge in [-0.15, -0.1) is 6.42 Å². The summed E-state index contributed by atoms with van der Waals surface area (Å²) in [5.74, 6) is 2.76. The second kappa shape index (κ2) is 6.35. The standard InChI is InChI=1S/C16H34O2Si2/c1-12-14(18-20(10,11)16(5,6)7)13-17-19(8,9)15(2,3)4/h1,14H,13H2,2-11H3/t14-/m0/s1. The van der Waals surface area contributed by atoms with E-state index in [0.717, 1.165) is 0 Å². The van der Waals surface area contributed by atoms with Gasteiger partial charge in [0.05, 0.1) is 6.61 Å². The second-order valence-corrected chi connectivity index (χ2v) is 18.2. The first kappa shape index (κ1) is 19.9. The zero-order valence-corrected chi connectivity index (χ0v) is 17.2. The van der Waals surface area contributed by atoms with Gasteiger partial charge in [0.25, 0.3) is 0 Å². The van der Waals surface area contributed by atoms with Gasteiger partial charge in [0, 0.05) is 0 Å². The van der Waals surface area contributed by atoms with Crippen molar-refractivity contribution in [1.29, 1.82) is 0 Å². The fourth-order valence-corrected chi connectivity index (χ4v) is 3.35. The average Bonchev–Trinajstić information content (AvgIpc) is 2.20.